The van der Waals surface area contributed by atoms with Crippen molar-refractivity contribution in [1.82, 2.24) is 4.90 Å². The van der Waals surface area contributed by atoms with Gasteiger partial charge in [-0.2, -0.15) is 0 Å². The predicted octanol–water partition coefficient (Wildman–Crippen LogP) is 2.43. The fourth-order valence-corrected chi connectivity index (χ4v) is 3.08. The van der Waals surface area contributed by atoms with Crippen LogP contribution < -0.4 is 0 Å². The first-order valence-corrected chi connectivity index (χ1v) is 7.24. The van der Waals surface area contributed by atoms with E-state index in [4.69, 9.17) is 21.4 Å². The van der Waals surface area contributed by atoms with E-state index in [0.29, 0.717) is 15.0 Å². The number of carbonyl (C=O) groups excluding carboxylic acids is 2. The lowest BCUT2D eigenvalue weighted by Crippen LogP contribution is -2.42. The van der Waals surface area contributed by atoms with Crippen LogP contribution in [-0.4, -0.2) is 33.7 Å². The third-order valence-electron chi connectivity index (χ3n) is 2.66. The van der Waals surface area contributed by atoms with Gasteiger partial charge in [0.1, 0.15) is 16.1 Å². The molecule has 0 saturated carbocycles. The first kappa shape index (κ1) is 14.8. The van der Waals surface area contributed by atoms with Crippen molar-refractivity contribution in [2.24, 2.45) is 0 Å². The van der Waals surface area contributed by atoms with Crippen LogP contribution in [0.5, 0.6) is 0 Å². The van der Waals surface area contributed by atoms with Crippen LogP contribution in [0.1, 0.15) is 19.6 Å². The van der Waals surface area contributed by atoms with Gasteiger partial charge in [-0.15, -0.1) is 0 Å². The molecule has 0 spiro atoms. The molecule has 0 bridgehead atoms. The molecule has 1 unspecified atom stereocenters. The average molecular weight is 311 g/mol. The molecule has 1 amide bonds. The van der Waals surface area contributed by atoms with Crippen molar-refractivity contribution in [1.29, 1.82) is 0 Å². The van der Waals surface area contributed by atoms with E-state index in [1.165, 1.54) is 11.2 Å². The van der Waals surface area contributed by atoms with Crippen molar-refractivity contribution in [2.75, 3.05) is 6.61 Å². The molecule has 0 N–H and O–H groups in total. The van der Waals surface area contributed by atoms with E-state index in [2.05, 4.69) is 0 Å². The van der Waals surface area contributed by atoms with Gasteiger partial charge in [-0.1, -0.05) is 24.0 Å². The first-order valence-electron chi connectivity index (χ1n) is 6.01. The van der Waals surface area contributed by atoms with Crippen LogP contribution in [0.4, 0.5) is 0 Å². The van der Waals surface area contributed by atoms with Gasteiger partial charge >= 0.3 is 5.97 Å². The van der Waals surface area contributed by atoms with E-state index in [-0.39, 0.29) is 12.5 Å². The molecule has 106 valence electrons. The summed E-state index contributed by atoms with van der Waals surface area (Å²) >= 11 is 6.30. The van der Waals surface area contributed by atoms with Gasteiger partial charge in [0.2, 0.25) is 0 Å². The minimum Gasteiger partial charge on any atom is -0.465 e. The number of rotatable bonds is 4. The Balaban J connectivity index is 2.19. The second-order valence-corrected chi connectivity index (χ2v) is 5.67. The van der Waals surface area contributed by atoms with Crippen LogP contribution in [0.3, 0.4) is 0 Å². The molecule has 2 heterocycles. The number of thiocarbonyl (C=S) groups is 1. The van der Waals surface area contributed by atoms with Crippen LogP contribution in [0.15, 0.2) is 27.7 Å². The van der Waals surface area contributed by atoms with Crippen molar-refractivity contribution >= 4 is 46.3 Å². The molecule has 1 aromatic rings. The minimum absolute atomic E-state index is 0.264. The molecule has 7 heteroatoms. The summed E-state index contributed by atoms with van der Waals surface area (Å²) in [6, 6.07) is 2.74. The van der Waals surface area contributed by atoms with Gasteiger partial charge in [0, 0.05) is 6.08 Å². The standard InChI is InChI=1S/C13H13NO4S2/c1-3-17-12(16)8(2)14-11(15)10(20-13(14)19)7-9-5-4-6-18-9/h4-8H,3H2,1-2H3/b10-7-. The summed E-state index contributed by atoms with van der Waals surface area (Å²) in [4.78, 5) is 25.7. The number of nitrogens with zero attached hydrogens (tertiary/aromatic N) is 1. The van der Waals surface area contributed by atoms with Crippen molar-refractivity contribution in [3.8, 4) is 0 Å². The molecule has 1 fully saturated rings. The Morgan fingerprint density at radius 2 is 2.40 bits per heavy atom. The molecule has 0 aromatic carbocycles. The van der Waals surface area contributed by atoms with Crippen molar-refractivity contribution in [2.45, 2.75) is 19.9 Å². The van der Waals surface area contributed by atoms with E-state index in [0.717, 1.165) is 11.8 Å². The van der Waals surface area contributed by atoms with Crippen LogP contribution in [-0.2, 0) is 14.3 Å². The van der Waals surface area contributed by atoms with Crippen LogP contribution >= 0.6 is 24.0 Å². The number of carbonyl (C=O) groups is 2. The number of thioether (sulfide) groups is 1. The Bertz CT molecular complexity index is 565. The van der Waals surface area contributed by atoms with Crippen molar-refractivity contribution in [3.05, 3.63) is 29.1 Å². The summed E-state index contributed by atoms with van der Waals surface area (Å²) < 4.78 is 10.4. The molecule has 1 atom stereocenters. The first-order chi connectivity index (χ1) is 9.54. The number of furan rings is 1. The Morgan fingerprint density at radius 3 is 3.00 bits per heavy atom. The molecule has 1 saturated heterocycles. The summed E-state index contributed by atoms with van der Waals surface area (Å²) in [5.74, 6) is -0.214. The zero-order chi connectivity index (χ0) is 14.7. The van der Waals surface area contributed by atoms with Crippen molar-refractivity contribution < 1.29 is 18.7 Å². The fourth-order valence-electron chi connectivity index (χ4n) is 1.68. The molecule has 0 radical (unpaired) electrons. The molecule has 0 aliphatic carbocycles. The molecule has 1 aliphatic heterocycles. The second kappa shape index (κ2) is 6.23. The van der Waals surface area contributed by atoms with E-state index >= 15 is 0 Å². The maximum absolute atomic E-state index is 12.3. The van der Waals surface area contributed by atoms with Gasteiger partial charge in [0.25, 0.3) is 5.91 Å². The fraction of sp³-hybridized carbons (Fsp3) is 0.308. The topological polar surface area (TPSA) is 59.8 Å². The summed E-state index contributed by atoms with van der Waals surface area (Å²) in [7, 11) is 0. The maximum Gasteiger partial charge on any atom is 0.329 e. The number of amides is 1. The second-order valence-electron chi connectivity index (χ2n) is 4.00. The van der Waals surface area contributed by atoms with Crippen LogP contribution in [0, 0.1) is 0 Å². The van der Waals surface area contributed by atoms with Gasteiger partial charge in [-0.05, 0) is 26.0 Å². The Hall–Kier alpha value is -1.60. The smallest absolute Gasteiger partial charge is 0.329 e. The van der Waals surface area contributed by atoms with Gasteiger partial charge < -0.3 is 9.15 Å². The highest BCUT2D eigenvalue weighted by atomic mass is 32.2. The Kier molecular flexibility index (Phi) is 4.61. The highest BCUT2D eigenvalue weighted by Gasteiger charge is 2.38. The highest BCUT2D eigenvalue weighted by molar-refractivity contribution is 8.26. The predicted molar refractivity (Wildman–Crippen MR) is 79.8 cm³/mol. The Morgan fingerprint density at radius 1 is 1.65 bits per heavy atom. The molecule has 2 rings (SSSR count). The van der Waals surface area contributed by atoms with E-state index in [1.807, 2.05) is 0 Å². The van der Waals surface area contributed by atoms with Crippen LogP contribution in [0.25, 0.3) is 6.08 Å². The van der Waals surface area contributed by atoms with E-state index < -0.39 is 12.0 Å². The molecular weight excluding hydrogens is 298 g/mol. The third kappa shape index (κ3) is 2.94. The third-order valence-corrected chi connectivity index (χ3v) is 3.99. The van der Waals surface area contributed by atoms with Gasteiger partial charge in [-0.3, -0.25) is 9.69 Å². The quantitative estimate of drug-likeness (QED) is 0.483. The van der Waals surface area contributed by atoms with E-state index in [1.54, 1.807) is 32.1 Å². The molecule has 20 heavy (non-hydrogen) atoms. The molecule has 1 aromatic heterocycles. The number of hydrogen-bond acceptors (Lipinski definition) is 6. The van der Waals surface area contributed by atoms with Crippen LogP contribution in [0.2, 0.25) is 0 Å². The summed E-state index contributed by atoms with van der Waals surface area (Å²) in [6.07, 6.45) is 3.13. The summed E-state index contributed by atoms with van der Waals surface area (Å²) in [5.41, 5.74) is 0. The SMILES string of the molecule is CCOC(=O)C(C)N1C(=O)/C(=C/c2ccco2)SC1=S. The lowest BCUT2D eigenvalue weighted by molar-refractivity contribution is -0.149. The number of esters is 1. The number of ether oxygens (including phenoxy) is 1. The lowest BCUT2D eigenvalue weighted by atomic mass is 10.3. The maximum atomic E-state index is 12.3. The summed E-state index contributed by atoms with van der Waals surface area (Å²) in [5, 5.41) is 0. The van der Waals surface area contributed by atoms with Gasteiger partial charge in [0.05, 0.1) is 17.8 Å². The normalized spacial score (nSPS) is 18.7. The van der Waals surface area contributed by atoms with E-state index in [9.17, 15) is 9.59 Å². The minimum atomic E-state index is -0.732. The zero-order valence-electron chi connectivity index (χ0n) is 11.0. The highest BCUT2D eigenvalue weighted by Crippen LogP contribution is 2.34. The lowest BCUT2D eigenvalue weighted by Gasteiger charge is -2.21. The summed E-state index contributed by atoms with van der Waals surface area (Å²) in [6.45, 7) is 3.57. The van der Waals surface area contributed by atoms with Crippen molar-refractivity contribution in [3.63, 3.8) is 0 Å². The largest absolute Gasteiger partial charge is 0.465 e. The molecular formula is C13H13NO4S2. The monoisotopic (exact) mass is 311 g/mol. The van der Waals surface area contributed by atoms with Gasteiger partial charge in [0.15, 0.2) is 0 Å². The zero-order valence-corrected chi connectivity index (χ0v) is 12.6. The Labute approximate surface area is 125 Å². The number of hydrogen-bond donors (Lipinski definition) is 0. The van der Waals surface area contributed by atoms with Gasteiger partial charge in [-0.25, -0.2) is 4.79 Å². The molecule has 1 aliphatic rings. The average Bonchev–Trinajstić information content (AvgIpc) is 2.99. The molecule has 5 nitrogen and oxygen atoms in total.